The van der Waals surface area contributed by atoms with Crippen LogP contribution in [-0.4, -0.2) is 16.4 Å². The number of benzene rings is 2. The number of hydrogen-bond donors (Lipinski definition) is 2. The molecular weight excluding hydrogens is 376 g/mol. The Morgan fingerprint density at radius 2 is 1.73 bits per heavy atom. The van der Waals surface area contributed by atoms with E-state index in [0.29, 0.717) is 12.2 Å². The highest BCUT2D eigenvalue weighted by molar-refractivity contribution is 8.69. The van der Waals surface area contributed by atoms with Gasteiger partial charge in [-0.05, 0) is 24.0 Å². The monoisotopic (exact) mass is 394 g/mol. The van der Waals surface area contributed by atoms with Crippen molar-refractivity contribution in [1.29, 1.82) is 0 Å². The smallest absolute Gasteiger partial charge is 0.258 e. The van der Waals surface area contributed by atoms with Crippen LogP contribution in [0.25, 0.3) is 0 Å². The van der Waals surface area contributed by atoms with Gasteiger partial charge in [0.25, 0.3) is 11.4 Å². The van der Waals surface area contributed by atoms with E-state index in [2.05, 4.69) is 17.1 Å². The number of rotatable bonds is 9. The molecule has 1 N–H and O–H groups in total. The molecule has 138 valence electrons. The van der Waals surface area contributed by atoms with E-state index in [1.54, 1.807) is 28.7 Å². The maximum atomic E-state index is 10.9. The number of thiol groups is 1. The molecule has 0 spiro atoms. The Bertz CT molecular complexity index is 790. The minimum atomic E-state index is -0.449. The fourth-order valence-corrected chi connectivity index (χ4v) is 3.21. The van der Waals surface area contributed by atoms with Crippen molar-refractivity contribution in [3.8, 4) is 0 Å². The zero-order chi connectivity index (χ0) is 19.1. The minimum absolute atomic E-state index is 0.00152. The highest BCUT2D eigenvalue weighted by Gasteiger charge is 2.14. The van der Waals surface area contributed by atoms with Crippen molar-refractivity contribution < 1.29 is 9.85 Å². The molecule has 2 aromatic rings. The SMILES string of the molecule is CC(CCNN(SS)c1cccc([N+](=O)[O-])c1)c1cccc([N+](=O)[O-])c1. The third kappa shape index (κ3) is 5.35. The summed E-state index contributed by atoms with van der Waals surface area (Å²) < 4.78 is 1.64. The van der Waals surface area contributed by atoms with Gasteiger partial charge in [-0.1, -0.05) is 36.8 Å². The molecule has 0 aromatic heterocycles. The third-order valence-electron chi connectivity index (χ3n) is 3.84. The third-order valence-corrected chi connectivity index (χ3v) is 4.83. The molecule has 2 aromatic carbocycles. The highest BCUT2D eigenvalue weighted by Crippen LogP contribution is 2.27. The first kappa shape index (κ1) is 20.0. The van der Waals surface area contributed by atoms with Crippen LogP contribution in [0.4, 0.5) is 17.1 Å². The van der Waals surface area contributed by atoms with Crippen LogP contribution in [0.1, 0.15) is 24.8 Å². The molecule has 1 atom stereocenters. The van der Waals surface area contributed by atoms with Gasteiger partial charge >= 0.3 is 0 Å². The molecule has 1 unspecified atom stereocenters. The summed E-state index contributed by atoms with van der Waals surface area (Å²) in [5.74, 6) is 0.110. The van der Waals surface area contributed by atoms with E-state index in [0.717, 1.165) is 23.0 Å². The molecule has 0 heterocycles. The average molecular weight is 394 g/mol. The zero-order valence-electron chi connectivity index (χ0n) is 13.9. The van der Waals surface area contributed by atoms with Crippen LogP contribution >= 0.6 is 22.6 Å². The molecule has 0 bridgehead atoms. The Kier molecular flexibility index (Phi) is 7.25. The first-order valence-electron chi connectivity index (χ1n) is 7.76. The van der Waals surface area contributed by atoms with Crippen LogP contribution in [0.15, 0.2) is 48.5 Å². The van der Waals surface area contributed by atoms with Crippen LogP contribution in [0.2, 0.25) is 0 Å². The molecule has 0 fully saturated rings. The second-order valence-corrected chi connectivity index (χ2v) is 6.62. The van der Waals surface area contributed by atoms with Gasteiger partial charge < -0.3 is 0 Å². The lowest BCUT2D eigenvalue weighted by atomic mass is 9.97. The van der Waals surface area contributed by atoms with Gasteiger partial charge in [-0.15, -0.1) is 0 Å². The molecule has 26 heavy (non-hydrogen) atoms. The Morgan fingerprint density at radius 1 is 1.12 bits per heavy atom. The van der Waals surface area contributed by atoms with Crippen molar-refractivity contribution >= 4 is 39.7 Å². The van der Waals surface area contributed by atoms with Gasteiger partial charge in [0, 0.05) is 41.8 Å². The quantitative estimate of drug-likeness (QED) is 0.212. The van der Waals surface area contributed by atoms with E-state index < -0.39 is 9.85 Å². The maximum Gasteiger partial charge on any atom is 0.271 e. The van der Waals surface area contributed by atoms with Gasteiger partial charge in [-0.3, -0.25) is 20.2 Å². The largest absolute Gasteiger partial charge is 0.271 e. The van der Waals surface area contributed by atoms with Gasteiger partial charge in [-0.2, -0.15) is 0 Å². The standard InChI is InChI=1S/C16H18N4O4S2/c1-12(13-4-2-6-15(10-13)19(21)22)8-9-17-18(26-25)14-5-3-7-16(11-14)20(23)24/h2-7,10-12,17,25H,8-9H2,1H3. The summed E-state index contributed by atoms with van der Waals surface area (Å²) >= 11 is 4.18. The number of non-ortho nitro benzene ring substituents is 2. The Balaban J connectivity index is 1.96. The van der Waals surface area contributed by atoms with Crippen LogP contribution < -0.4 is 9.84 Å². The lowest BCUT2D eigenvalue weighted by Gasteiger charge is -2.22. The normalized spacial score (nSPS) is 11.8. The second kappa shape index (κ2) is 9.41. The van der Waals surface area contributed by atoms with E-state index in [9.17, 15) is 20.2 Å². The van der Waals surface area contributed by atoms with Gasteiger partial charge in [0.05, 0.1) is 15.5 Å². The first-order chi connectivity index (χ1) is 12.4. The predicted molar refractivity (Wildman–Crippen MR) is 106 cm³/mol. The van der Waals surface area contributed by atoms with Crippen LogP contribution in [0.3, 0.4) is 0 Å². The summed E-state index contributed by atoms with van der Waals surface area (Å²) in [6, 6.07) is 12.8. The highest BCUT2D eigenvalue weighted by atomic mass is 33.1. The molecule has 0 saturated heterocycles. The first-order valence-corrected chi connectivity index (χ1v) is 9.59. The number of nitrogens with zero attached hydrogens (tertiary/aromatic N) is 3. The van der Waals surface area contributed by atoms with Crippen molar-refractivity contribution in [2.45, 2.75) is 19.3 Å². The van der Waals surface area contributed by atoms with Crippen molar-refractivity contribution in [1.82, 2.24) is 5.43 Å². The van der Waals surface area contributed by atoms with Crippen LogP contribution in [-0.2, 0) is 0 Å². The summed E-state index contributed by atoms with van der Waals surface area (Å²) in [4.78, 5) is 20.9. The molecule has 0 aliphatic rings. The fraction of sp³-hybridized carbons (Fsp3) is 0.250. The lowest BCUT2D eigenvalue weighted by Crippen LogP contribution is -2.32. The molecule has 10 heteroatoms. The molecular formula is C16H18N4O4S2. The topological polar surface area (TPSA) is 102 Å². The maximum absolute atomic E-state index is 10.9. The molecule has 0 saturated carbocycles. The zero-order valence-corrected chi connectivity index (χ0v) is 15.7. The number of anilines is 1. The number of hydrogen-bond acceptors (Lipinski definition) is 8. The summed E-state index contributed by atoms with van der Waals surface area (Å²) in [7, 11) is 1.10. The summed E-state index contributed by atoms with van der Waals surface area (Å²) in [6.45, 7) is 2.56. The number of nitro benzene ring substituents is 2. The molecule has 8 nitrogen and oxygen atoms in total. The molecule has 0 aliphatic carbocycles. The summed E-state index contributed by atoms with van der Waals surface area (Å²) in [6.07, 6.45) is 0.723. The Labute approximate surface area is 159 Å². The van der Waals surface area contributed by atoms with Gasteiger partial charge in [0.1, 0.15) is 0 Å². The van der Waals surface area contributed by atoms with Crippen LogP contribution in [0, 0.1) is 20.2 Å². The van der Waals surface area contributed by atoms with Crippen molar-refractivity contribution in [3.63, 3.8) is 0 Å². The second-order valence-electron chi connectivity index (χ2n) is 5.60. The predicted octanol–water partition coefficient (Wildman–Crippen LogP) is 4.50. The van der Waals surface area contributed by atoms with E-state index >= 15 is 0 Å². The van der Waals surface area contributed by atoms with Gasteiger partial charge in [-0.25, -0.2) is 9.84 Å². The summed E-state index contributed by atoms with van der Waals surface area (Å²) in [5, 5.41) is 21.8. The van der Waals surface area contributed by atoms with E-state index in [1.165, 1.54) is 18.2 Å². The van der Waals surface area contributed by atoms with E-state index in [4.69, 9.17) is 0 Å². The minimum Gasteiger partial charge on any atom is -0.258 e. The molecule has 2 rings (SSSR count). The van der Waals surface area contributed by atoms with Crippen LogP contribution in [0.5, 0.6) is 0 Å². The van der Waals surface area contributed by atoms with E-state index in [-0.39, 0.29) is 17.3 Å². The lowest BCUT2D eigenvalue weighted by molar-refractivity contribution is -0.385. The average Bonchev–Trinajstić information content (AvgIpc) is 2.65. The number of hydrazine groups is 1. The molecule has 0 amide bonds. The van der Waals surface area contributed by atoms with Crippen molar-refractivity contribution in [2.75, 3.05) is 11.0 Å². The number of nitrogens with one attached hydrogen (secondary N) is 1. The fourth-order valence-electron chi connectivity index (χ4n) is 2.39. The Hall–Kier alpha value is -2.30. The van der Waals surface area contributed by atoms with Gasteiger partial charge in [0.15, 0.2) is 0 Å². The molecule has 0 aliphatic heterocycles. The van der Waals surface area contributed by atoms with Crippen molar-refractivity contribution in [3.05, 3.63) is 74.3 Å². The molecule has 0 radical (unpaired) electrons. The number of nitro groups is 2. The van der Waals surface area contributed by atoms with Gasteiger partial charge in [0.2, 0.25) is 0 Å². The van der Waals surface area contributed by atoms with E-state index in [1.807, 2.05) is 13.0 Å². The van der Waals surface area contributed by atoms with Crippen molar-refractivity contribution in [2.24, 2.45) is 0 Å². The Morgan fingerprint density at radius 3 is 2.35 bits per heavy atom. The summed E-state index contributed by atoms with van der Waals surface area (Å²) in [5.41, 5.74) is 4.73.